The Bertz CT molecular complexity index is 704. The summed E-state index contributed by atoms with van der Waals surface area (Å²) in [5, 5.41) is 2.59. The van der Waals surface area contributed by atoms with Crippen LogP contribution in [0.5, 0.6) is 0 Å². The minimum atomic E-state index is -0.947. The number of nitrogens with zero attached hydrogens (tertiary/aromatic N) is 3. The number of urea groups is 1. The van der Waals surface area contributed by atoms with E-state index in [1.54, 1.807) is 25.8 Å². The van der Waals surface area contributed by atoms with Gasteiger partial charge < -0.3 is 15.1 Å². The molecule has 0 saturated carbocycles. The minimum absolute atomic E-state index is 0.209. The molecule has 1 aromatic rings. The highest BCUT2D eigenvalue weighted by Crippen LogP contribution is 2.24. The number of carbonyl (C=O) groups excluding carboxylic acids is 3. The topological polar surface area (TPSA) is 73.0 Å². The lowest BCUT2D eigenvalue weighted by Crippen LogP contribution is -2.44. The van der Waals surface area contributed by atoms with Crippen molar-refractivity contribution in [3.05, 3.63) is 30.3 Å². The number of carbonyl (C=O) groups is 3. The molecule has 0 aliphatic carbocycles. The van der Waals surface area contributed by atoms with Gasteiger partial charge in [0.2, 0.25) is 5.91 Å². The van der Waals surface area contributed by atoms with Crippen molar-refractivity contribution in [1.82, 2.24) is 15.1 Å². The molecular weight excluding hydrogens is 332 g/mol. The van der Waals surface area contributed by atoms with Gasteiger partial charge >= 0.3 is 6.03 Å². The number of para-hydroxylation sites is 1. The Labute approximate surface area is 153 Å². The number of hydrogen-bond donors (Lipinski definition) is 1. The zero-order valence-corrected chi connectivity index (χ0v) is 15.6. The van der Waals surface area contributed by atoms with Gasteiger partial charge in [0.05, 0.1) is 0 Å². The summed E-state index contributed by atoms with van der Waals surface area (Å²) in [6.45, 7) is 5.56. The lowest BCUT2D eigenvalue weighted by atomic mass is 10.1. The van der Waals surface area contributed by atoms with E-state index in [9.17, 15) is 14.4 Å². The normalized spacial score (nSPS) is 21.9. The molecule has 7 nitrogen and oxygen atoms in total. The first-order valence-corrected chi connectivity index (χ1v) is 8.96. The van der Waals surface area contributed by atoms with Crippen molar-refractivity contribution in [3.8, 4) is 0 Å². The van der Waals surface area contributed by atoms with Gasteiger partial charge in [0.15, 0.2) is 0 Å². The van der Waals surface area contributed by atoms with Crippen LogP contribution in [-0.2, 0) is 9.59 Å². The number of nitrogens with one attached hydrogen (secondary N) is 1. The van der Waals surface area contributed by atoms with E-state index in [4.69, 9.17) is 0 Å². The second kappa shape index (κ2) is 6.97. The SMILES string of the molecule is CN(C[C@H]1CCN(c2ccccc2)C1)C(=O)CN1C(=O)NC(C)(C)C1=O. The fraction of sp³-hybridized carbons (Fsp3) is 0.526. The molecule has 26 heavy (non-hydrogen) atoms. The number of likely N-dealkylation sites (N-methyl/N-ethyl adjacent to an activating group) is 1. The van der Waals surface area contributed by atoms with Crippen LogP contribution in [0.4, 0.5) is 10.5 Å². The molecule has 0 bridgehead atoms. The maximum atomic E-state index is 12.5. The van der Waals surface area contributed by atoms with Crippen LogP contribution in [0.25, 0.3) is 0 Å². The van der Waals surface area contributed by atoms with Gasteiger partial charge in [-0.3, -0.25) is 14.5 Å². The summed E-state index contributed by atoms with van der Waals surface area (Å²) in [6.07, 6.45) is 1.02. The quantitative estimate of drug-likeness (QED) is 0.806. The summed E-state index contributed by atoms with van der Waals surface area (Å²) in [7, 11) is 1.73. The molecule has 2 aliphatic rings. The molecule has 2 aliphatic heterocycles. The third kappa shape index (κ3) is 3.66. The summed E-state index contributed by atoms with van der Waals surface area (Å²) >= 11 is 0. The highest BCUT2D eigenvalue weighted by molar-refractivity contribution is 6.08. The molecule has 2 fully saturated rings. The van der Waals surface area contributed by atoms with E-state index in [1.807, 2.05) is 18.2 Å². The second-order valence-electron chi connectivity index (χ2n) is 7.66. The average molecular weight is 358 g/mol. The molecule has 0 unspecified atom stereocenters. The fourth-order valence-corrected chi connectivity index (χ4v) is 3.56. The predicted octanol–water partition coefficient (Wildman–Crippen LogP) is 1.30. The lowest BCUT2D eigenvalue weighted by Gasteiger charge is -2.24. The zero-order valence-electron chi connectivity index (χ0n) is 15.6. The highest BCUT2D eigenvalue weighted by atomic mass is 16.2. The van der Waals surface area contributed by atoms with E-state index in [2.05, 4.69) is 22.3 Å². The summed E-state index contributed by atoms with van der Waals surface area (Å²) < 4.78 is 0. The Hall–Kier alpha value is -2.57. The number of imide groups is 1. The predicted molar refractivity (Wildman–Crippen MR) is 98.7 cm³/mol. The van der Waals surface area contributed by atoms with Crippen LogP contribution in [-0.4, -0.2) is 66.4 Å². The zero-order chi connectivity index (χ0) is 18.9. The molecule has 1 N–H and O–H groups in total. The fourth-order valence-electron chi connectivity index (χ4n) is 3.56. The van der Waals surface area contributed by atoms with Crippen LogP contribution in [0.1, 0.15) is 20.3 Å². The second-order valence-corrected chi connectivity index (χ2v) is 7.66. The molecule has 140 valence electrons. The smallest absolute Gasteiger partial charge is 0.325 e. The van der Waals surface area contributed by atoms with Crippen molar-refractivity contribution in [2.24, 2.45) is 5.92 Å². The first-order valence-electron chi connectivity index (χ1n) is 8.96. The van der Waals surface area contributed by atoms with Gasteiger partial charge in [0.25, 0.3) is 5.91 Å². The van der Waals surface area contributed by atoms with E-state index in [1.165, 1.54) is 5.69 Å². The summed E-state index contributed by atoms with van der Waals surface area (Å²) in [5.74, 6) is -0.201. The van der Waals surface area contributed by atoms with Gasteiger partial charge in [-0.2, -0.15) is 0 Å². The molecule has 2 heterocycles. The van der Waals surface area contributed by atoms with Crippen LogP contribution in [0, 0.1) is 5.92 Å². The van der Waals surface area contributed by atoms with Gasteiger partial charge in [-0.1, -0.05) is 18.2 Å². The first kappa shape index (κ1) is 18.2. The maximum Gasteiger partial charge on any atom is 0.325 e. The van der Waals surface area contributed by atoms with Gasteiger partial charge in [0, 0.05) is 32.4 Å². The van der Waals surface area contributed by atoms with E-state index >= 15 is 0 Å². The third-order valence-electron chi connectivity index (χ3n) is 5.10. The van der Waals surface area contributed by atoms with Gasteiger partial charge in [-0.05, 0) is 38.3 Å². The van der Waals surface area contributed by atoms with Gasteiger partial charge in [-0.15, -0.1) is 0 Å². The molecule has 3 rings (SSSR count). The molecule has 0 aromatic heterocycles. The van der Waals surface area contributed by atoms with Crippen LogP contribution >= 0.6 is 0 Å². The van der Waals surface area contributed by atoms with Gasteiger partial charge in [-0.25, -0.2) is 4.79 Å². The monoisotopic (exact) mass is 358 g/mol. The van der Waals surface area contributed by atoms with Crippen LogP contribution in [0.15, 0.2) is 30.3 Å². The van der Waals surface area contributed by atoms with E-state index in [0.29, 0.717) is 12.5 Å². The van der Waals surface area contributed by atoms with E-state index < -0.39 is 11.6 Å². The molecule has 1 atom stereocenters. The number of anilines is 1. The van der Waals surface area contributed by atoms with Crippen molar-refractivity contribution >= 4 is 23.5 Å². The Morgan fingerprint density at radius 3 is 2.58 bits per heavy atom. The van der Waals surface area contributed by atoms with Crippen LogP contribution < -0.4 is 10.2 Å². The molecule has 1 aromatic carbocycles. The first-order chi connectivity index (χ1) is 12.3. The molecular formula is C19H26N4O3. The van der Waals surface area contributed by atoms with Crippen molar-refractivity contribution in [2.75, 3.05) is 38.1 Å². The molecule has 0 spiro atoms. The van der Waals surface area contributed by atoms with Crippen LogP contribution in [0.3, 0.4) is 0 Å². The molecule has 0 radical (unpaired) electrons. The van der Waals surface area contributed by atoms with Crippen molar-refractivity contribution < 1.29 is 14.4 Å². The summed E-state index contributed by atoms with van der Waals surface area (Å²) in [6, 6.07) is 9.74. The standard InChI is InChI=1S/C19H26N4O3/c1-19(2)17(25)23(18(26)20-19)13-16(24)21(3)11-14-9-10-22(12-14)15-7-5-4-6-8-15/h4-8,14H,9-13H2,1-3H3,(H,20,26)/t14-/m1/s1. The highest BCUT2D eigenvalue weighted by Gasteiger charge is 2.45. The Morgan fingerprint density at radius 2 is 1.96 bits per heavy atom. The van der Waals surface area contributed by atoms with Gasteiger partial charge in [0.1, 0.15) is 12.1 Å². The van der Waals surface area contributed by atoms with Crippen molar-refractivity contribution in [3.63, 3.8) is 0 Å². The average Bonchev–Trinajstić information content (AvgIpc) is 3.14. The molecule has 2 saturated heterocycles. The van der Waals surface area contributed by atoms with Crippen LogP contribution in [0.2, 0.25) is 0 Å². The summed E-state index contributed by atoms with van der Waals surface area (Å²) in [5.41, 5.74) is 0.253. The van der Waals surface area contributed by atoms with Crippen molar-refractivity contribution in [1.29, 1.82) is 0 Å². The Kier molecular flexibility index (Phi) is 4.89. The lowest BCUT2D eigenvalue weighted by molar-refractivity contribution is -0.138. The third-order valence-corrected chi connectivity index (χ3v) is 5.10. The Morgan fingerprint density at radius 1 is 1.27 bits per heavy atom. The largest absolute Gasteiger partial charge is 0.371 e. The Balaban J connectivity index is 1.52. The summed E-state index contributed by atoms with van der Waals surface area (Å²) in [4.78, 5) is 41.6. The minimum Gasteiger partial charge on any atom is -0.371 e. The number of hydrogen-bond acceptors (Lipinski definition) is 4. The maximum absolute atomic E-state index is 12.5. The number of benzene rings is 1. The van der Waals surface area contributed by atoms with E-state index in [0.717, 1.165) is 24.4 Å². The number of rotatable bonds is 5. The van der Waals surface area contributed by atoms with Crippen molar-refractivity contribution in [2.45, 2.75) is 25.8 Å². The van der Waals surface area contributed by atoms with E-state index in [-0.39, 0.29) is 18.4 Å². The number of amides is 4. The molecule has 7 heteroatoms. The molecule has 4 amide bonds.